The molecule has 1 rings (SSSR count). The summed E-state index contributed by atoms with van der Waals surface area (Å²) in [4.78, 5) is 11.8. The molecule has 2 N–H and O–H groups in total. The van der Waals surface area contributed by atoms with Gasteiger partial charge in [0.1, 0.15) is 6.10 Å². The van der Waals surface area contributed by atoms with Gasteiger partial charge in [0.15, 0.2) is 0 Å². The molecule has 0 bridgehead atoms. The zero-order chi connectivity index (χ0) is 12.8. The molecule has 1 aromatic rings. The Hall–Kier alpha value is -1.26. The van der Waals surface area contributed by atoms with Crippen LogP contribution in [0.2, 0.25) is 5.02 Å². The lowest BCUT2D eigenvalue weighted by Gasteiger charge is -2.13. The highest BCUT2D eigenvalue weighted by atomic mass is 35.5. The maximum absolute atomic E-state index is 11.8. The van der Waals surface area contributed by atoms with Crippen LogP contribution in [0, 0.1) is 0 Å². The predicted octanol–water partition coefficient (Wildman–Crippen LogP) is 2.50. The summed E-state index contributed by atoms with van der Waals surface area (Å²) < 4.78 is 10.3. The number of rotatable bonds is 5. The second-order valence-corrected chi connectivity index (χ2v) is 4.02. The van der Waals surface area contributed by atoms with Crippen molar-refractivity contribution in [3.8, 4) is 0 Å². The van der Waals surface area contributed by atoms with E-state index in [-0.39, 0.29) is 11.7 Å². The number of halogens is 1. The lowest BCUT2D eigenvalue weighted by molar-refractivity contribution is 0.00442. The van der Waals surface area contributed by atoms with Crippen molar-refractivity contribution in [3.63, 3.8) is 0 Å². The van der Waals surface area contributed by atoms with Crippen LogP contribution in [0.15, 0.2) is 18.2 Å². The molecule has 0 aliphatic heterocycles. The highest BCUT2D eigenvalue weighted by Gasteiger charge is 2.15. The van der Waals surface area contributed by atoms with Crippen LogP contribution in [0.3, 0.4) is 0 Å². The molecule has 17 heavy (non-hydrogen) atoms. The van der Waals surface area contributed by atoms with Gasteiger partial charge in [-0.15, -0.1) is 0 Å². The first-order valence-electron chi connectivity index (χ1n) is 5.38. The lowest BCUT2D eigenvalue weighted by atomic mass is 10.2. The Labute approximate surface area is 106 Å². The first-order valence-corrected chi connectivity index (χ1v) is 5.76. The van der Waals surface area contributed by atoms with Crippen molar-refractivity contribution in [1.82, 2.24) is 0 Å². The topological polar surface area (TPSA) is 61.5 Å². The van der Waals surface area contributed by atoms with E-state index < -0.39 is 5.97 Å². The number of carbonyl (C=O) groups is 1. The molecule has 0 aliphatic carbocycles. The number of esters is 1. The van der Waals surface area contributed by atoms with E-state index in [1.165, 1.54) is 6.07 Å². The van der Waals surface area contributed by atoms with E-state index in [2.05, 4.69) is 0 Å². The van der Waals surface area contributed by atoms with Crippen molar-refractivity contribution in [3.05, 3.63) is 28.8 Å². The van der Waals surface area contributed by atoms with Gasteiger partial charge in [0, 0.05) is 12.3 Å². The monoisotopic (exact) mass is 257 g/mol. The van der Waals surface area contributed by atoms with E-state index in [0.717, 1.165) is 0 Å². The molecule has 5 heteroatoms. The Kier molecular flexibility index (Phi) is 5.25. The molecule has 0 aliphatic rings. The normalized spacial score (nSPS) is 12.2. The van der Waals surface area contributed by atoms with Crippen LogP contribution in [-0.4, -0.2) is 25.3 Å². The fourth-order valence-electron chi connectivity index (χ4n) is 1.26. The molecule has 0 spiro atoms. The average Bonchev–Trinajstić information content (AvgIpc) is 2.29. The molecule has 94 valence electrons. The van der Waals surface area contributed by atoms with Crippen molar-refractivity contribution < 1.29 is 14.3 Å². The van der Waals surface area contributed by atoms with Gasteiger partial charge in [0.25, 0.3) is 0 Å². The molecule has 0 saturated heterocycles. The minimum absolute atomic E-state index is 0.273. The third kappa shape index (κ3) is 4.24. The van der Waals surface area contributed by atoms with Gasteiger partial charge < -0.3 is 15.2 Å². The highest BCUT2D eigenvalue weighted by molar-refractivity contribution is 6.33. The van der Waals surface area contributed by atoms with Gasteiger partial charge in [-0.3, -0.25) is 0 Å². The van der Waals surface area contributed by atoms with E-state index in [4.69, 9.17) is 26.8 Å². The van der Waals surface area contributed by atoms with Crippen LogP contribution in [0.5, 0.6) is 0 Å². The van der Waals surface area contributed by atoms with Crippen molar-refractivity contribution in [2.45, 2.75) is 20.0 Å². The Morgan fingerprint density at radius 2 is 2.24 bits per heavy atom. The quantitative estimate of drug-likeness (QED) is 0.650. The van der Waals surface area contributed by atoms with Gasteiger partial charge in [0.2, 0.25) is 0 Å². The summed E-state index contributed by atoms with van der Waals surface area (Å²) in [5, 5.41) is 0.327. The zero-order valence-electron chi connectivity index (χ0n) is 9.90. The van der Waals surface area contributed by atoms with Gasteiger partial charge in [-0.25, -0.2) is 4.79 Å². The second kappa shape index (κ2) is 6.47. The standard InChI is InChI=1S/C12H16ClNO3/c1-3-16-7-8(2)17-12(15)10-6-9(14)4-5-11(10)13/h4-6,8H,3,7,14H2,1-2H3. The molecular formula is C12H16ClNO3. The maximum Gasteiger partial charge on any atom is 0.340 e. The van der Waals surface area contributed by atoms with Crippen molar-refractivity contribution in [2.24, 2.45) is 0 Å². The van der Waals surface area contributed by atoms with E-state index >= 15 is 0 Å². The number of hydrogen-bond donors (Lipinski definition) is 1. The fourth-order valence-corrected chi connectivity index (χ4v) is 1.46. The molecule has 0 fully saturated rings. The zero-order valence-corrected chi connectivity index (χ0v) is 10.7. The maximum atomic E-state index is 11.8. The first kappa shape index (κ1) is 13.8. The van der Waals surface area contributed by atoms with Crippen LogP contribution in [0.25, 0.3) is 0 Å². The predicted molar refractivity (Wildman–Crippen MR) is 67.2 cm³/mol. The SMILES string of the molecule is CCOCC(C)OC(=O)c1cc(N)ccc1Cl. The summed E-state index contributed by atoms with van der Waals surface area (Å²) in [6, 6.07) is 4.70. The van der Waals surface area contributed by atoms with Gasteiger partial charge in [-0.2, -0.15) is 0 Å². The van der Waals surface area contributed by atoms with Gasteiger partial charge in [-0.1, -0.05) is 11.6 Å². The summed E-state index contributed by atoms with van der Waals surface area (Å²) in [5.41, 5.74) is 6.33. The van der Waals surface area contributed by atoms with Crippen molar-refractivity contribution >= 4 is 23.3 Å². The minimum atomic E-state index is -0.491. The van der Waals surface area contributed by atoms with Crippen LogP contribution < -0.4 is 5.73 Å². The number of carbonyl (C=O) groups excluding carboxylic acids is 1. The molecule has 0 saturated carbocycles. The smallest absolute Gasteiger partial charge is 0.340 e. The van der Waals surface area contributed by atoms with Gasteiger partial charge in [-0.05, 0) is 32.0 Å². The summed E-state index contributed by atoms with van der Waals surface area (Å²) in [5.74, 6) is -0.491. The molecule has 1 atom stereocenters. The number of hydrogen-bond acceptors (Lipinski definition) is 4. The van der Waals surface area contributed by atoms with E-state index in [1.54, 1.807) is 19.1 Å². The van der Waals surface area contributed by atoms with Crippen LogP contribution in [0.4, 0.5) is 5.69 Å². The third-order valence-electron chi connectivity index (χ3n) is 2.08. The molecular weight excluding hydrogens is 242 g/mol. The van der Waals surface area contributed by atoms with E-state index in [1.807, 2.05) is 6.92 Å². The number of nitrogens with two attached hydrogens (primary N) is 1. The summed E-state index contributed by atoms with van der Waals surface area (Å²) in [6.45, 7) is 4.58. The number of anilines is 1. The number of nitrogen functional groups attached to an aromatic ring is 1. The van der Waals surface area contributed by atoms with Crippen LogP contribution in [-0.2, 0) is 9.47 Å². The first-order chi connectivity index (χ1) is 8.04. The molecule has 0 radical (unpaired) electrons. The average molecular weight is 258 g/mol. The van der Waals surface area contributed by atoms with Crippen molar-refractivity contribution in [2.75, 3.05) is 18.9 Å². The highest BCUT2D eigenvalue weighted by Crippen LogP contribution is 2.20. The molecule has 0 amide bonds. The van der Waals surface area contributed by atoms with Gasteiger partial charge in [0.05, 0.1) is 17.2 Å². The van der Waals surface area contributed by atoms with Crippen molar-refractivity contribution in [1.29, 1.82) is 0 Å². The summed E-state index contributed by atoms with van der Waals surface area (Å²) in [7, 11) is 0. The Balaban J connectivity index is 2.66. The summed E-state index contributed by atoms with van der Waals surface area (Å²) >= 11 is 5.89. The molecule has 0 aromatic heterocycles. The largest absolute Gasteiger partial charge is 0.457 e. The molecule has 4 nitrogen and oxygen atoms in total. The Morgan fingerprint density at radius 1 is 1.53 bits per heavy atom. The lowest BCUT2D eigenvalue weighted by Crippen LogP contribution is -2.20. The fraction of sp³-hybridized carbons (Fsp3) is 0.417. The van der Waals surface area contributed by atoms with Crippen LogP contribution >= 0.6 is 11.6 Å². The Bertz CT molecular complexity index is 395. The Morgan fingerprint density at radius 3 is 2.88 bits per heavy atom. The minimum Gasteiger partial charge on any atom is -0.457 e. The number of benzene rings is 1. The summed E-state index contributed by atoms with van der Waals surface area (Å²) in [6.07, 6.45) is -0.319. The molecule has 1 aromatic carbocycles. The molecule has 1 unspecified atom stereocenters. The second-order valence-electron chi connectivity index (χ2n) is 3.61. The van der Waals surface area contributed by atoms with E-state index in [0.29, 0.717) is 23.9 Å². The third-order valence-corrected chi connectivity index (χ3v) is 2.40. The van der Waals surface area contributed by atoms with Crippen LogP contribution in [0.1, 0.15) is 24.2 Å². The number of ether oxygens (including phenoxy) is 2. The molecule has 0 heterocycles. The van der Waals surface area contributed by atoms with E-state index in [9.17, 15) is 4.79 Å². The van der Waals surface area contributed by atoms with Gasteiger partial charge >= 0.3 is 5.97 Å².